The third-order valence-electron chi connectivity index (χ3n) is 3.99. The van der Waals surface area contributed by atoms with Crippen molar-refractivity contribution >= 4 is 5.97 Å². The largest absolute Gasteiger partial charge is 0.481 e. The number of carboxylic acid groups (broad SMARTS) is 1. The smallest absolute Gasteiger partial charge is 0.303 e. The van der Waals surface area contributed by atoms with Gasteiger partial charge in [0.1, 0.15) is 0 Å². The number of nitro groups is 1. The quantitative estimate of drug-likeness (QED) is 0.179. The van der Waals surface area contributed by atoms with E-state index in [0.717, 1.165) is 38.5 Å². The second-order valence-corrected chi connectivity index (χ2v) is 6.18. The van der Waals surface area contributed by atoms with Gasteiger partial charge < -0.3 is 5.11 Å². The van der Waals surface area contributed by atoms with Crippen molar-refractivity contribution in [3.05, 3.63) is 22.3 Å². The lowest BCUT2D eigenvalue weighted by Gasteiger charge is -2.05. The third kappa shape index (κ3) is 15.3. The highest BCUT2D eigenvalue weighted by Gasteiger charge is 2.14. The fraction of sp³-hybridized carbons (Fsp3) is 0.833. The van der Waals surface area contributed by atoms with Gasteiger partial charge in [0.05, 0.1) is 0 Å². The van der Waals surface area contributed by atoms with Crippen molar-refractivity contribution in [3.63, 3.8) is 0 Å². The topological polar surface area (TPSA) is 80.4 Å². The first-order chi connectivity index (χ1) is 11.1. The minimum atomic E-state index is -0.752. The van der Waals surface area contributed by atoms with E-state index in [1.807, 2.05) is 6.08 Å². The van der Waals surface area contributed by atoms with Gasteiger partial charge in [0.2, 0.25) is 6.04 Å². The minimum Gasteiger partial charge on any atom is -0.481 e. The maximum absolute atomic E-state index is 11.0. The molecule has 1 unspecified atom stereocenters. The van der Waals surface area contributed by atoms with Gasteiger partial charge in [-0.3, -0.25) is 14.9 Å². The fourth-order valence-corrected chi connectivity index (χ4v) is 2.55. The number of allylic oxidation sites excluding steroid dienone is 1. The van der Waals surface area contributed by atoms with Crippen LogP contribution < -0.4 is 0 Å². The first kappa shape index (κ1) is 21.6. The number of hydrogen-bond acceptors (Lipinski definition) is 3. The van der Waals surface area contributed by atoms with Gasteiger partial charge in [0.15, 0.2) is 0 Å². The van der Waals surface area contributed by atoms with Gasteiger partial charge in [0.25, 0.3) is 0 Å². The standard InChI is InChI=1S/C18H33NO4/c1-2-3-4-5-6-8-11-14-17(19(22)23)15-12-9-7-10-13-16-18(20)21/h11,14,17H,2-10,12-13,15-16H2,1H3,(H,20,21)/b14-11-. The van der Waals surface area contributed by atoms with E-state index in [2.05, 4.69) is 6.92 Å². The summed E-state index contributed by atoms with van der Waals surface area (Å²) in [4.78, 5) is 21.2. The van der Waals surface area contributed by atoms with E-state index in [1.54, 1.807) is 6.08 Å². The van der Waals surface area contributed by atoms with Crippen LogP contribution in [0.1, 0.15) is 90.4 Å². The van der Waals surface area contributed by atoms with Gasteiger partial charge in [-0.05, 0) is 31.8 Å². The number of aliphatic carboxylic acids is 1. The van der Waals surface area contributed by atoms with Crippen molar-refractivity contribution in [2.24, 2.45) is 0 Å². The molecule has 0 rings (SSSR count). The SMILES string of the molecule is CCCCCCC/C=C\C(CCCCCCCC(=O)O)[N+](=O)[O-]. The molecule has 0 aliphatic heterocycles. The van der Waals surface area contributed by atoms with Crippen LogP contribution in [0.2, 0.25) is 0 Å². The molecule has 0 fully saturated rings. The average molecular weight is 327 g/mol. The Morgan fingerprint density at radius 1 is 1.04 bits per heavy atom. The number of rotatable bonds is 16. The zero-order valence-corrected chi connectivity index (χ0v) is 14.5. The van der Waals surface area contributed by atoms with Gasteiger partial charge in [-0.15, -0.1) is 0 Å². The maximum Gasteiger partial charge on any atom is 0.303 e. The van der Waals surface area contributed by atoms with E-state index in [4.69, 9.17) is 5.11 Å². The molecule has 0 aromatic carbocycles. The number of hydrogen-bond donors (Lipinski definition) is 1. The van der Waals surface area contributed by atoms with E-state index in [9.17, 15) is 14.9 Å². The zero-order valence-electron chi connectivity index (χ0n) is 14.5. The molecule has 23 heavy (non-hydrogen) atoms. The highest BCUT2D eigenvalue weighted by atomic mass is 16.6. The molecule has 0 radical (unpaired) electrons. The van der Waals surface area contributed by atoms with Crippen LogP contribution in [0, 0.1) is 10.1 Å². The molecule has 0 bridgehead atoms. The number of carbonyl (C=O) groups is 1. The van der Waals surface area contributed by atoms with Gasteiger partial charge in [-0.2, -0.15) is 0 Å². The van der Waals surface area contributed by atoms with E-state index in [-0.39, 0.29) is 11.3 Å². The van der Waals surface area contributed by atoms with Crippen molar-refractivity contribution in [2.45, 2.75) is 96.4 Å². The van der Waals surface area contributed by atoms with Crippen LogP contribution in [0.25, 0.3) is 0 Å². The number of carboxylic acids is 1. The monoisotopic (exact) mass is 327 g/mol. The highest BCUT2D eigenvalue weighted by Crippen LogP contribution is 2.12. The van der Waals surface area contributed by atoms with Gasteiger partial charge in [0, 0.05) is 17.8 Å². The number of unbranched alkanes of at least 4 members (excludes halogenated alkanes) is 9. The van der Waals surface area contributed by atoms with Gasteiger partial charge in [-0.1, -0.05) is 57.9 Å². The molecule has 0 saturated heterocycles. The lowest BCUT2D eigenvalue weighted by atomic mass is 10.0. The first-order valence-electron chi connectivity index (χ1n) is 9.09. The van der Waals surface area contributed by atoms with Crippen molar-refractivity contribution in [1.29, 1.82) is 0 Å². The second-order valence-electron chi connectivity index (χ2n) is 6.18. The molecule has 0 saturated carbocycles. The van der Waals surface area contributed by atoms with Crippen molar-refractivity contribution in [1.82, 2.24) is 0 Å². The Bertz CT molecular complexity index is 342. The Kier molecular flexibility index (Phi) is 14.6. The Morgan fingerprint density at radius 2 is 1.65 bits per heavy atom. The molecule has 0 aromatic heterocycles. The van der Waals surface area contributed by atoms with Crippen LogP contribution in [0.4, 0.5) is 0 Å². The molecule has 0 aliphatic carbocycles. The van der Waals surface area contributed by atoms with Crippen LogP contribution >= 0.6 is 0 Å². The predicted molar refractivity (Wildman–Crippen MR) is 93.3 cm³/mol. The predicted octanol–water partition coefficient (Wildman–Crippen LogP) is 5.36. The van der Waals surface area contributed by atoms with Crippen LogP contribution in [0.5, 0.6) is 0 Å². The minimum absolute atomic E-state index is 0.196. The van der Waals surface area contributed by atoms with Crippen LogP contribution in [0.15, 0.2) is 12.2 Å². The molecule has 1 atom stereocenters. The summed E-state index contributed by atoms with van der Waals surface area (Å²) in [6.07, 6.45) is 15.9. The fourth-order valence-electron chi connectivity index (χ4n) is 2.55. The molecule has 134 valence electrons. The molecular weight excluding hydrogens is 294 g/mol. The Hall–Kier alpha value is -1.39. The van der Waals surface area contributed by atoms with Crippen LogP contribution in [-0.4, -0.2) is 22.0 Å². The Balaban J connectivity index is 3.69. The average Bonchev–Trinajstić information content (AvgIpc) is 2.50. The van der Waals surface area contributed by atoms with Crippen LogP contribution in [0.3, 0.4) is 0 Å². The highest BCUT2D eigenvalue weighted by molar-refractivity contribution is 5.66. The van der Waals surface area contributed by atoms with Crippen molar-refractivity contribution in [2.75, 3.05) is 0 Å². The maximum atomic E-state index is 11.0. The Labute approximate surface area is 140 Å². The van der Waals surface area contributed by atoms with Crippen LogP contribution in [-0.2, 0) is 4.79 Å². The summed E-state index contributed by atoms with van der Waals surface area (Å²) in [5.41, 5.74) is 0. The van der Waals surface area contributed by atoms with Gasteiger partial charge in [-0.25, -0.2) is 0 Å². The lowest BCUT2D eigenvalue weighted by molar-refractivity contribution is -0.510. The summed E-state index contributed by atoms with van der Waals surface area (Å²) < 4.78 is 0. The van der Waals surface area contributed by atoms with E-state index in [1.165, 1.54) is 25.7 Å². The summed E-state index contributed by atoms with van der Waals surface area (Å²) >= 11 is 0. The molecule has 0 amide bonds. The number of nitrogens with zero attached hydrogens (tertiary/aromatic N) is 1. The summed E-state index contributed by atoms with van der Waals surface area (Å²) in [5, 5.41) is 19.6. The van der Waals surface area contributed by atoms with E-state index >= 15 is 0 Å². The molecule has 0 aromatic rings. The molecule has 5 nitrogen and oxygen atoms in total. The van der Waals surface area contributed by atoms with Gasteiger partial charge >= 0.3 is 5.97 Å². The first-order valence-corrected chi connectivity index (χ1v) is 9.09. The molecule has 0 spiro atoms. The molecule has 0 aliphatic rings. The summed E-state index contributed by atoms with van der Waals surface area (Å²) in [6, 6.07) is -0.565. The molecule has 0 heterocycles. The second kappa shape index (κ2) is 15.5. The van der Waals surface area contributed by atoms with E-state index < -0.39 is 12.0 Å². The zero-order chi connectivity index (χ0) is 17.3. The third-order valence-corrected chi connectivity index (χ3v) is 3.99. The summed E-state index contributed by atoms with van der Waals surface area (Å²) in [5.74, 6) is -0.752. The van der Waals surface area contributed by atoms with E-state index in [0.29, 0.717) is 12.8 Å². The Morgan fingerprint density at radius 3 is 2.30 bits per heavy atom. The van der Waals surface area contributed by atoms with Crippen molar-refractivity contribution < 1.29 is 14.8 Å². The molecule has 1 N–H and O–H groups in total. The van der Waals surface area contributed by atoms with Crippen molar-refractivity contribution in [3.8, 4) is 0 Å². The lowest BCUT2D eigenvalue weighted by Crippen LogP contribution is -2.16. The summed E-state index contributed by atoms with van der Waals surface area (Å²) in [6.45, 7) is 2.19. The molecule has 5 heteroatoms. The molecular formula is C18H33NO4. The normalized spacial score (nSPS) is 12.6. The summed E-state index contributed by atoms with van der Waals surface area (Å²) in [7, 11) is 0.